The van der Waals surface area contributed by atoms with E-state index in [0.29, 0.717) is 0 Å². The van der Waals surface area contributed by atoms with Crippen LogP contribution >= 0.6 is 34.3 Å². The van der Waals surface area contributed by atoms with Gasteiger partial charge in [-0.05, 0) is 37.6 Å². The first-order chi connectivity index (χ1) is 9.79. The summed E-state index contributed by atoms with van der Waals surface area (Å²) in [6, 6.07) is 4.26. The molecule has 0 aliphatic heterocycles. The van der Waals surface area contributed by atoms with Crippen LogP contribution in [0.15, 0.2) is 17.5 Å². The molecule has 1 aromatic carbocycles. The topological polar surface area (TPSA) is 22.1 Å². The van der Waals surface area contributed by atoms with Crippen LogP contribution in [0.5, 0.6) is 5.75 Å². The number of fused-ring (bicyclic) bond motifs is 3. The van der Waals surface area contributed by atoms with E-state index in [2.05, 4.69) is 29.4 Å². The van der Waals surface area contributed by atoms with Gasteiger partial charge >= 0.3 is 0 Å². The molecule has 0 saturated heterocycles. The van der Waals surface area contributed by atoms with Crippen LogP contribution in [0.4, 0.5) is 0 Å². The van der Waals surface area contributed by atoms with Crippen LogP contribution in [0, 0.1) is 6.92 Å². The molecule has 0 aliphatic rings. The number of aromatic nitrogens is 1. The normalized spacial score (nSPS) is 11.5. The number of thiophene rings is 1. The molecule has 0 bridgehead atoms. The second-order valence-electron chi connectivity index (χ2n) is 4.72. The minimum atomic E-state index is 0.737. The summed E-state index contributed by atoms with van der Waals surface area (Å²) >= 11 is 9.15. The fraction of sp³-hybridized carbons (Fsp3) is 0.400. The van der Waals surface area contributed by atoms with Gasteiger partial charge in [0.25, 0.3) is 0 Å². The van der Waals surface area contributed by atoms with Gasteiger partial charge < -0.3 is 4.74 Å². The second-order valence-corrected chi connectivity index (χ2v) is 7.24. The van der Waals surface area contributed by atoms with Gasteiger partial charge in [-0.25, -0.2) is 4.98 Å². The summed E-state index contributed by atoms with van der Waals surface area (Å²) < 4.78 is 8.44. The van der Waals surface area contributed by atoms with Gasteiger partial charge in [0.15, 0.2) is 0 Å². The Labute approximate surface area is 131 Å². The van der Waals surface area contributed by atoms with Crippen molar-refractivity contribution in [2.75, 3.05) is 12.5 Å². The van der Waals surface area contributed by atoms with Gasteiger partial charge in [-0.1, -0.05) is 0 Å². The molecule has 2 heterocycles. The highest BCUT2D eigenvalue weighted by atomic mass is 35.5. The molecular formula is C15H16ClNOS2. The van der Waals surface area contributed by atoms with Crippen LogP contribution in [0.3, 0.4) is 0 Å². The van der Waals surface area contributed by atoms with Crippen LogP contribution < -0.4 is 4.74 Å². The van der Waals surface area contributed by atoms with Crippen molar-refractivity contribution in [3.8, 4) is 5.75 Å². The molecule has 0 amide bonds. The molecule has 0 atom stereocenters. The Morgan fingerprint density at radius 1 is 1.30 bits per heavy atom. The minimum absolute atomic E-state index is 0.737. The molecule has 5 heteroatoms. The Morgan fingerprint density at radius 2 is 2.20 bits per heavy atom. The molecule has 106 valence electrons. The molecule has 0 aliphatic carbocycles. The molecule has 2 aromatic heterocycles. The lowest BCUT2D eigenvalue weighted by atomic mass is 10.2. The maximum atomic E-state index is 5.98. The van der Waals surface area contributed by atoms with Crippen molar-refractivity contribution in [2.45, 2.75) is 26.2 Å². The average Bonchev–Trinajstić information content (AvgIpc) is 3.03. The fourth-order valence-electron chi connectivity index (χ4n) is 2.26. The monoisotopic (exact) mass is 325 g/mol. The van der Waals surface area contributed by atoms with E-state index in [1.807, 2.05) is 0 Å². The Kier molecular flexibility index (Phi) is 4.44. The average molecular weight is 326 g/mol. The summed E-state index contributed by atoms with van der Waals surface area (Å²) in [5, 5.41) is 4.40. The van der Waals surface area contributed by atoms with E-state index in [1.54, 1.807) is 22.7 Å². The van der Waals surface area contributed by atoms with E-state index in [4.69, 9.17) is 16.3 Å². The summed E-state index contributed by atoms with van der Waals surface area (Å²) in [6.45, 7) is 2.81. The second kappa shape index (κ2) is 6.29. The zero-order chi connectivity index (χ0) is 13.9. The molecule has 20 heavy (non-hydrogen) atoms. The van der Waals surface area contributed by atoms with Crippen molar-refractivity contribution in [3.05, 3.63) is 22.5 Å². The van der Waals surface area contributed by atoms with E-state index < -0.39 is 0 Å². The van der Waals surface area contributed by atoms with Gasteiger partial charge in [-0.3, -0.25) is 0 Å². The Bertz CT molecular complexity index is 719. The van der Waals surface area contributed by atoms with Crippen LogP contribution in [-0.2, 0) is 0 Å². The van der Waals surface area contributed by atoms with Crippen molar-refractivity contribution in [1.29, 1.82) is 0 Å². The number of nitrogens with zero attached hydrogens (tertiary/aromatic N) is 1. The number of aryl methyl sites for hydroxylation is 1. The number of hydrogen-bond acceptors (Lipinski definition) is 4. The summed E-state index contributed by atoms with van der Waals surface area (Å²) in [4.78, 5) is 4.63. The Hall–Kier alpha value is -0.840. The highest BCUT2D eigenvalue weighted by Crippen LogP contribution is 2.38. The van der Waals surface area contributed by atoms with Crippen LogP contribution in [0.25, 0.3) is 20.3 Å². The van der Waals surface area contributed by atoms with E-state index in [1.165, 1.54) is 14.8 Å². The highest BCUT2D eigenvalue weighted by molar-refractivity contribution is 7.21. The molecule has 3 aromatic rings. The molecule has 0 radical (unpaired) electrons. The predicted octanol–water partition coefficient (Wildman–Crippen LogP) is 5.61. The number of benzene rings is 1. The first kappa shape index (κ1) is 14.1. The highest BCUT2D eigenvalue weighted by Gasteiger charge is 2.12. The molecule has 0 N–H and O–H groups in total. The van der Waals surface area contributed by atoms with Crippen LogP contribution in [-0.4, -0.2) is 17.5 Å². The van der Waals surface area contributed by atoms with Crippen LogP contribution in [0.1, 0.15) is 24.3 Å². The number of halogens is 1. The van der Waals surface area contributed by atoms with Gasteiger partial charge in [0, 0.05) is 17.3 Å². The standard InChI is InChI=1S/C15H16ClNOS2/c1-10-17-14-13(20-10)9-12(11-5-8-19-15(11)14)18-7-4-2-3-6-16/h5,8-9H,2-4,6-7H2,1H3. The maximum absolute atomic E-state index is 5.98. The van der Waals surface area contributed by atoms with E-state index in [-0.39, 0.29) is 0 Å². The summed E-state index contributed by atoms with van der Waals surface area (Å²) in [5.74, 6) is 1.73. The molecule has 0 fully saturated rings. The number of thiazole rings is 1. The van der Waals surface area contributed by atoms with Crippen molar-refractivity contribution in [1.82, 2.24) is 4.98 Å². The largest absolute Gasteiger partial charge is 0.493 e. The summed E-state index contributed by atoms with van der Waals surface area (Å²) in [5.41, 5.74) is 1.12. The number of hydrogen-bond donors (Lipinski definition) is 0. The van der Waals surface area contributed by atoms with Crippen molar-refractivity contribution < 1.29 is 4.74 Å². The van der Waals surface area contributed by atoms with Gasteiger partial charge in [0.2, 0.25) is 0 Å². The first-order valence-electron chi connectivity index (χ1n) is 6.75. The fourth-order valence-corrected chi connectivity index (χ4v) is 4.28. The predicted molar refractivity (Wildman–Crippen MR) is 89.8 cm³/mol. The summed E-state index contributed by atoms with van der Waals surface area (Å²) in [6.07, 6.45) is 3.24. The zero-order valence-electron chi connectivity index (χ0n) is 11.3. The van der Waals surface area contributed by atoms with Gasteiger partial charge in [-0.15, -0.1) is 34.3 Å². The first-order valence-corrected chi connectivity index (χ1v) is 8.99. The molecule has 3 rings (SSSR count). The maximum Gasteiger partial charge on any atom is 0.129 e. The Morgan fingerprint density at radius 3 is 3.05 bits per heavy atom. The molecular weight excluding hydrogens is 310 g/mol. The minimum Gasteiger partial charge on any atom is -0.493 e. The SMILES string of the molecule is Cc1nc2c(cc(OCCCCCCl)c3ccsc32)s1. The van der Waals surface area contributed by atoms with Crippen LogP contribution in [0.2, 0.25) is 0 Å². The Balaban J connectivity index is 1.86. The number of unbranched alkanes of at least 4 members (excludes halogenated alkanes) is 2. The number of rotatable bonds is 6. The molecule has 0 spiro atoms. The molecule has 0 unspecified atom stereocenters. The lowest BCUT2D eigenvalue weighted by Crippen LogP contribution is -1.97. The van der Waals surface area contributed by atoms with Crippen molar-refractivity contribution in [3.63, 3.8) is 0 Å². The van der Waals surface area contributed by atoms with E-state index in [0.717, 1.165) is 48.0 Å². The third kappa shape index (κ3) is 2.78. The van der Waals surface area contributed by atoms with Gasteiger partial charge in [0.1, 0.15) is 5.75 Å². The van der Waals surface area contributed by atoms with Gasteiger partial charge in [-0.2, -0.15) is 0 Å². The quantitative estimate of drug-likeness (QED) is 0.434. The third-order valence-corrected chi connectivity index (χ3v) is 5.31. The lowest BCUT2D eigenvalue weighted by Gasteiger charge is -2.07. The summed E-state index contributed by atoms with van der Waals surface area (Å²) in [7, 11) is 0. The zero-order valence-corrected chi connectivity index (χ0v) is 13.7. The molecule has 0 saturated carbocycles. The van der Waals surface area contributed by atoms with Crippen molar-refractivity contribution in [2.24, 2.45) is 0 Å². The van der Waals surface area contributed by atoms with E-state index in [9.17, 15) is 0 Å². The van der Waals surface area contributed by atoms with Crippen molar-refractivity contribution >= 4 is 54.6 Å². The number of alkyl halides is 1. The number of ether oxygens (including phenoxy) is 1. The smallest absolute Gasteiger partial charge is 0.129 e. The molecule has 2 nitrogen and oxygen atoms in total. The third-order valence-electron chi connectivity index (χ3n) is 3.20. The van der Waals surface area contributed by atoms with Gasteiger partial charge in [0.05, 0.1) is 26.5 Å². The van der Waals surface area contributed by atoms with E-state index >= 15 is 0 Å². The lowest BCUT2D eigenvalue weighted by molar-refractivity contribution is 0.310.